The number of anilines is 1. The minimum absolute atomic E-state index is 0.00788. The molecular weight excluding hydrogens is 664 g/mol. The Hall–Kier alpha value is -4.38. The minimum atomic E-state index is -0.540. The van der Waals surface area contributed by atoms with Crippen LogP contribution in [-0.4, -0.2) is 58.2 Å². The molecule has 2 aromatic heterocycles. The van der Waals surface area contributed by atoms with Crippen molar-refractivity contribution in [1.82, 2.24) is 15.3 Å². The highest BCUT2D eigenvalue weighted by Crippen LogP contribution is 2.46. The zero-order valence-electron chi connectivity index (χ0n) is 26.2. The Labute approximate surface area is 290 Å². The van der Waals surface area contributed by atoms with E-state index in [9.17, 15) is 14.4 Å². The van der Waals surface area contributed by atoms with Crippen molar-refractivity contribution in [3.63, 3.8) is 0 Å². The van der Waals surface area contributed by atoms with Gasteiger partial charge in [0.15, 0.2) is 5.78 Å². The number of Topliss-reactive ketones (excluding diaryl/α,β-unsaturated/α-hetero) is 1. The van der Waals surface area contributed by atoms with E-state index in [0.717, 1.165) is 55.2 Å². The second kappa shape index (κ2) is 14.0. The van der Waals surface area contributed by atoms with Crippen LogP contribution in [-0.2, 0) is 6.42 Å². The number of amides is 2. The molecule has 6 aromatic rings. The highest BCUT2D eigenvalue weighted by Gasteiger charge is 2.36. The maximum absolute atomic E-state index is 14.1. The van der Waals surface area contributed by atoms with E-state index in [1.54, 1.807) is 32.6 Å². The lowest BCUT2D eigenvalue weighted by atomic mass is 9.95. The summed E-state index contributed by atoms with van der Waals surface area (Å²) in [5.41, 5.74) is 5.20. The summed E-state index contributed by atoms with van der Waals surface area (Å²) in [7, 11) is 3.44. The molecule has 0 saturated carbocycles. The molecule has 48 heavy (non-hydrogen) atoms. The Morgan fingerprint density at radius 2 is 1.65 bits per heavy atom. The standard InChI is InChI=1S/C37H33ClN4O4S2/c1-2-47-48-14-13-39-37(45)46-34-19-32-35(27-9-5-4-8-26(27)34)25(20-38)21-42(32)36(44)31-18-24-15-22(11-12-29(24)41-31)16-33(43)30-17-23-7-3-6-10-28(23)40-30/h3-12,15,17-19,25,40-41H,2,13-14,16,20-21H2,1H3,(H,39,45). The molecule has 0 spiro atoms. The van der Waals surface area contributed by atoms with Gasteiger partial charge >= 0.3 is 6.09 Å². The van der Waals surface area contributed by atoms with Crippen LogP contribution in [0.15, 0.2) is 84.9 Å². The molecule has 244 valence electrons. The molecule has 4 aromatic carbocycles. The minimum Gasteiger partial charge on any atom is -0.410 e. The number of carbonyl (C=O) groups is 3. The Balaban J connectivity index is 1.14. The number of fused-ring (bicyclic) bond motifs is 5. The first-order valence-corrected chi connectivity index (χ1v) is 18.8. The molecule has 11 heteroatoms. The molecule has 2 amide bonds. The second-order valence-corrected chi connectivity index (χ2v) is 14.8. The summed E-state index contributed by atoms with van der Waals surface area (Å²) in [6.45, 7) is 2.97. The molecule has 1 aliphatic rings. The molecule has 0 saturated heterocycles. The molecule has 0 bridgehead atoms. The fourth-order valence-electron chi connectivity index (χ4n) is 6.35. The first-order chi connectivity index (χ1) is 23.4. The number of ketones is 1. The van der Waals surface area contributed by atoms with Gasteiger partial charge in [-0.25, -0.2) is 4.79 Å². The van der Waals surface area contributed by atoms with Gasteiger partial charge < -0.3 is 24.9 Å². The maximum Gasteiger partial charge on any atom is 0.412 e. The average Bonchev–Trinajstić information content (AvgIpc) is 3.83. The number of para-hydroxylation sites is 1. The number of carbonyl (C=O) groups excluding carboxylic acids is 3. The zero-order valence-corrected chi connectivity index (χ0v) is 28.6. The SMILES string of the molecule is CCSSCCNC(=O)Oc1cc2c(c3ccccc13)C(CCl)CN2C(=O)c1cc2cc(CC(=O)c3cc4ccccc4[nH]3)ccc2[nH]1. The molecule has 0 fully saturated rings. The molecular formula is C37H33ClN4O4S2. The number of alkyl halides is 1. The second-order valence-electron chi connectivity index (χ2n) is 11.6. The van der Waals surface area contributed by atoms with Crippen molar-refractivity contribution in [3.05, 3.63) is 107 Å². The van der Waals surface area contributed by atoms with E-state index < -0.39 is 6.09 Å². The number of aromatic nitrogens is 2. The molecule has 3 heterocycles. The third-order valence-electron chi connectivity index (χ3n) is 8.53. The van der Waals surface area contributed by atoms with Crippen LogP contribution in [0.25, 0.3) is 32.6 Å². The van der Waals surface area contributed by atoms with E-state index in [0.29, 0.717) is 41.8 Å². The summed E-state index contributed by atoms with van der Waals surface area (Å²) in [6.07, 6.45) is -0.310. The number of aromatic amines is 2. The van der Waals surface area contributed by atoms with Crippen LogP contribution in [0.4, 0.5) is 10.5 Å². The van der Waals surface area contributed by atoms with E-state index in [4.69, 9.17) is 16.3 Å². The predicted octanol–water partition coefficient (Wildman–Crippen LogP) is 8.70. The molecule has 8 nitrogen and oxygen atoms in total. The van der Waals surface area contributed by atoms with Crippen molar-refractivity contribution < 1.29 is 19.1 Å². The van der Waals surface area contributed by atoms with E-state index in [1.165, 1.54) is 0 Å². The summed E-state index contributed by atoms with van der Waals surface area (Å²) in [5.74, 6) is 2.16. The molecule has 0 aliphatic carbocycles. The van der Waals surface area contributed by atoms with Crippen molar-refractivity contribution in [2.75, 3.05) is 35.4 Å². The van der Waals surface area contributed by atoms with Crippen LogP contribution >= 0.6 is 33.2 Å². The number of benzene rings is 4. The van der Waals surface area contributed by atoms with Crippen LogP contribution in [0.2, 0.25) is 0 Å². The fraction of sp³-hybridized carbons (Fsp3) is 0.216. The van der Waals surface area contributed by atoms with Gasteiger partial charge in [0.05, 0.1) is 11.4 Å². The molecule has 1 unspecified atom stereocenters. The third-order valence-corrected chi connectivity index (χ3v) is 11.4. The quantitative estimate of drug-likeness (QED) is 0.0542. The van der Waals surface area contributed by atoms with E-state index >= 15 is 0 Å². The van der Waals surface area contributed by atoms with Gasteiger partial charge in [0.25, 0.3) is 5.91 Å². The monoisotopic (exact) mass is 696 g/mol. The first kappa shape index (κ1) is 32.2. The van der Waals surface area contributed by atoms with Gasteiger partial charge in [-0.1, -0.05) is 77.0 Å². The van der Waals surface area contributed by atoms with Gasteiger partial charge in [-0.15, -0.1) is 11.6 Å². The van der Waals surface area contributed by atoms with Crippen LogP contribution in [0.5, 0.6) is 5.75 Å². The van der Waals surface area contributed by atoms with Crippen LogP contribution in [0.3, 0.4) is 0 Å². The Morgan fingerprint density at radius 1 is 0.896 bits per heavy atom. The summed E-state index contributed by atoms with van der Waals surface area (Å²) in [6, 6.07) is 26.8. The Bertz CT molecular complexity index is 2140. The highest BCUT2D eigenvalue weighted by molar-refractivity contribution is 8.76. The number of nitrogens with one attached hydrogen (secondary N) is 3. The van der Waals surface area contributed by atoms with Crippen LogP contribution < -0.4 is 15.0 Å². The van der Waals surface area contributed by atoms with E-state index in [-0.39, 0.29) is 24.0 Å². The number of ether oxygens (including phenoxy) is 1. The molecule has 7 rings (SSSR count). The number of nitrogens with zero attached hydrogens (tertiary/aromatic N) is 1. The van der Waals surface area contributed by atoms with Gasteiger partial charge in [0, 0.05) is 76.1 Å². The molecule has 1 atom stereocenters. The Morgan fingerprint density at radius 3 is 2.46 bits per heavy atom. The maximum atomic E-state index is 14.1. The number of halogens is 1. The molecule has 1 aliphatic heterocycles. The van der Waals surface area contributed by atoms with Gasteiger partial charge in [-0.2, -0.15) is 0 Å². The van der Waals surface area contributed by atoms with Gasteiger partial charge in [-0.05, 0) is 46.8 Å². The fourth-order valence-corrected chi connectivity index (χ4v) is 8.17. The summed E-state index contributed by atoms with van der Waals surface area (Å²) >= 11 is 6.49. The topological polar surface area (TPSA) is 107 Å². The molecule has 3 N–H and O–H groups in total. The van der Waals surface area contributed by atoms with E-state index in [1.807, 2.05) is 78.9 Å². The van der Waals surface area contributed by atoms with Gasteiger partial charge in [-0.3, -0.25) is 9.59 Å². The van der Waals surface area contributed by atoms with Crippen molar-refractivity contribution in [1.29, 1.82) is 0 Å². The summed E-state index contributed by atoms with van der Waals surface area (Å²) in [4.78, 5) is 48.2. The zero-order chi connectivity index (χ0) is 33.2. The Kier molecular flexibility index (Phi) is 9.39. The largest absolute Gasteiger partial charge is 0.412 e. The summed E-state index contributed by atoms with van der Waals surface area (Å²) < 4.78 is 5.83. The predicted molar refractivity (Wildman–Crippen MR) is 198 cm³/mol. The van der Waals surface area contributed by atoms with Crippen molar-refractivity contribution >= 4 is 89.2 Å². The average molecular weight is 697 g/mol. The number of H-pyrrole nitrogens is 2. The highest BCUT2D eigenvalue weighted by atomic mass is 35.5. The molecule has 0 radical (unpaired) electrons. The lowest BCUT2D eigenvalue weighted by Crippen LogP contribution is -2.30. The van der Waals surface area contributed by atoms with Crippen LogP contribution in [0.1, 0.15) is 44.9 Å². The number of hydrogen-bond donors (Lipinski definition) is 3. The van der Waals surface area contributed by atoms with E-state index in [2.05, 4.69) is 22.2 Å². The van der Waals surface area contributed by atoms with Crippen LogP contribution in [0, 0.1) is 0 Å². The smallest absolute Gasteiger partial charge is 0.410 e. The first-order valence-electron chi connectivity index (χ1n) is 15.8. The number of rotatable bonds is 11. The lowest BCUT2D eigenvalue weighted by molar-refractivity contribution is 0.0978. The number of hydrogen-bond acceptors (Lipinski definition) is 6. The lowest BCUT2D eigenvalue weighted by Gasteiger charge is -2.18. The third kappa shape index (κ3) is 6.40. The summed E-state index contributed by atoms with van der Waals surface area (Å²) in [5, 5.41) is 6.34. The van der Waals surface area contributed by atoms with Gasteiger partial charge in [0.1, 0.15) is 11.4 Å². The normalized spacial score (nSPS) is 14.1. The van der Waals surface area contributed by atoms with Crippen molar-refractivity contribution in [2.24, 2.45) is 0 Å². The van der Waals surface area contributed by atoms with Crippen molar-refractivity contribution in [2.45, 2.75) is 19.3 Å². The van der Waals surface area contributed by atoms with Crippen molar-refractivity contribution in [3.8, 4) is 5.75 Å². The van der Waals surface area contributed by atoms with Gasteiger partial charge in [0.2, 0.25) is 0 Å².